The number of furan rings is 2. The monoisotopic (exact) mass is 820 g/mol. The van der Waals surface area contributed by atoms with E-state index >= 15 is 0 Å². The lowest BCUT2D eigenvalue weighted by Gasteiger charge is -2.17. The molecule has 0 amide bonds. The van der Waals surface area contributed by atoms with Crippen LogP contribution >= 0.6 is 0 Å². The second-order valence-corrected chi connectivity index (χ2v) is 16.2. The van der Waals surface area contributed by atoms with E-state index in [0.29, 0.717) is 23.3 Å². The van der Waals surface area contributed by atoms with Crippen LogP contribution in [0.2, 0.25) is 0 Å². The van der Waals surface area contributed by atoms with Gasteiger partial charge in [-0.3, -0.25) is 9.13 Å². The van der Waals surface area contributed by atoms with E-state index in [1.807, 2.05) is 84.9 Å². The van der Waals surface area contributed by atoms with E-state index < -0.39 is 0 Å². The van der Waals surface area contributed by atoms with Gasteiger partial charge in [-0.2, -0.15) is 0 Å². The van der Waals surface area contributed by atoms with Gasteiger partial charge in [0.2, 0.25) is 0 Å². The van der Waals surface area contributed by atoms with Crippen molar-refractivity contribution in [3.05, 3.63) is 194 Å². The fraction of sp³-hybridized carbons (Fsp3) is 0. The van der Waals surface area contributed by atoms with Crippen molar-refractivity contribution >= 4 is 87.5 Å². The molecule has 14 aromatic rings. The van der Waals surface area contributed by atoms with Gasteiger partial charge in [0.25, 0.3) is 0 Å². The molecular weight excluding hydrogens is 789 g/mol. The van der Waals surface area contributed by atoms with Gasteiger partial charge in [0.1, 0.15) is 28.1 Å². The second-order valence-electron chi connectivity index (χ2n) is 16.2. The first-order valence-electron chi connectivity index (χ1n) is 21.3. The van der Waals surface area contributed by atoms with Crippen molar-refractivity contribution in [1.82, 2.24) is 29.1 Å². The summed E-state index contributed by atoms with van der Waals surface area (Å²) in [7, 11) is 0. The molecule has 0 atom stereocenters. The topological polar surface area (TPSA) is 87.7 Å². The number of nitrogens with zero attached hydrogens (tertiary/aromatic N) is 6. The molecule has 0 unspecified atom stereocenters. The van der Waals surface area contributed by atoms with Crippen molar-refractivity contribution in [2.24, 2.45) is 0 Å². The number of aromatic nitrogens is 6. The molecule has 298 valence electrons. The number of benzene rings is 8. The molecule has 0 N–H and O–H groups in total. The highest BCUT2D eigenvalue weighted by molar-refractivity contribution is 6.26. The molecule has 0 aliphatic rings. The Bertz CT molecular complexity index is 4140. The first-order chi connectivity index (χ1) is 31.7. The molecule has 0 spiro atoms. The van der Waals surface area contributed by atoms with Crippen LogP contribution in [-0.2, 0) is 0 Å². The SMILES string of the molecule is c1ccc(-c2nc(-c3ccccc3)nc(-c3ccc(-n4c5ccccc5c5ccc6oc7ccccc7c6c54)nc3-n3c4ccccc4c4ccc5oc6ccccc6c5c43)n2)cc1. The van der Waals surface area contributed by atoms with Gasteiger partial charge >= 0.3 is 0 Å². The van der Waals surface area contributed by atoms with E-state index in [2.05, 4.69) is 118 Å². The van der Waals surface area contributed by atoms with E-state index in [-0.39, 0.29) is 0 Å². The highest BCUT2D eigenvalue weighted by atomic mass is 16.3. The molecule has 0 saturated heterocycles. The molecule has 0 radical (unpaired) electrons. The Labute approximate surface area is 363 Å². The Morgan fingerprint density at radius 3 is 1.33 bits per heavy atom. The summed E-state index contributed by atoms with van der Waals surface area (Å²) < 4.78 is 17.6. The Kier molecular flexibility index (Phi) is 7.23. The molecule has 8 nitrogen and oxygen atoms in total. The predicted octanol–water partition coefficient (Wildman–Crippen LogP) is 14.3. The van der Waals surface area contributed by atoms with Gasteiger partial charge in [-0.05, 0) is 60.7 Å². The van der Waals surface area contributed by atoms with Crippen LogP contribution in [0.5, 0.6) is 0 Å². The summed E-state index contributed by atoms with van der Waals surface area (Å²) >= 11 is 0. The Hall–Kier alpha value is -8.88. The minimum Gasteiger partial charge on any atom is -0.456 e. The lowest BCUT2D eigenvalue weighted by Crippen LogP contribution is -2.08. The summed E-state index contributed by atoms with van der Waals surface area (Å²) in [5.74, 6) is 3.05. The molecule has 0 aliphatic carbocycles. The number of hydrogen-bond acceptors (Lipinski definition) is 6. The Morgan fingerprint density at radius 1 is 0.312 bits per heavy atom. The molecular formula is C56H32N6O2. The van der Waals surface area contributed by atoms with Crippen molar-refractivity contribution in [3.8, 4) is 45.8 Å². The zero-order valence-electron chi connectivity index (χ0n) is 34.0. The van der Waals surface area contributed by atoms with Crippen LogP contribution in [0.1, 0.15) is 0 Å². The number of para-hydroxylation sites is 4. The van der Waals surface area contributed by atoms with Crippen molar-refractivity contribution in [2.45, 2.75) is 0 Å². The van der Waals surface area contributed by atoms with E-state index in [0.717, 1.165) is 110 Å². The quantitative estimate of drug-likeness (QED) is 0.172. The summed E-state index contributed by atoms with van der Waals surface area (Å²) in [6, 6.07) is 66.5. The summed E-state index contributed by atoms with van der Waals surface area (Å²) in [5, 5.41) is 8.54. The predicted molar refractivity (Wildman–Crippen MR) is 257 cm³/mol. The van der Waals surface area contributed by atoms with Crippen molar-refractivity contribution in [3.63, 3.8) is 0 Å². The zero-order chi connectivity index (χ0) is 41.9. The van der Waals surface area contributed by atoms with Crippen LogP contribution < -0.4 is 0 Å². The van der Waals surface area contributed by atoms with Gasteiger partial charge in [0.05, 0.1) is 38.4 Å². The Balaban J connectivity index is 1.16. The largest absolute Gasteiger partial charge is 0.456 e. The van der Waals surface area contributed by atoms with Crippen LogP contribution in [-0.4, -0.2) is 29.1 Å². The molecule has 6 aromatic heterocycles. The molecule has 64 heavy (non-hydrogen) atoms. The van der Waals surface area contributed by atoms with Crippen molar-refractivity contribution < 1.29 is 8.83 Å². The highest BCUT2D eigenvalue weighted by Crippen LogP contribution is 2.44. The average Bonchev–Trinajstić information content (AvgIpc) is 4.12. The molecule has 0 bridgehead atoms. The molecule has 14 rings (SSSR count). The number of hydrogen-bond donors (Lipinski definition) is 0. The average molecular weight is 821 g/mol. The van der Waals surface area contributed by atoms with Gasteiger partial charge in [-0.15, -0.1) is 0 Å². The van der Waals surface area contributed by atoms with Crippen LogP contribution in [0.3, 0.4) is 0 Å². The molecule has 8 aromatic carbocycles. The fourth-order valence-corrected chi connectivity index (χ4v) is 9.83. The minimum atomic E-state index is 0.502. The third-order valence-corrected chi connectivity index (χ3v) is 12.6. The summed E-state index contributed by atoms with van der Waals surface area (Å²) in [6.07, 6.45) is 0. The van der Waals surface area contributed by atoms with Crippen molar-refractivity contribution in [2.75, 3.05) is 0 Å². The maximum absolute atomic E-state index is 6.56. The van der Waals surface area contributed by atoms with Gasteiger partial charge in [0.15, 0.2) is 23.3 Å². The van der Waals surface area contributed by atoms with Crippen molar-refractivity contribution in [1.29, 1.82) is 0 Å². The third kappa shape index (κ3) is 4.99. The minimum absolute atomic E-state index is 0.502. The molecule has 0 fully saturated rings. The van der Waals surface area contributed by atoms with E-state index in [1.165, 1.54) is 0 Å². The van der Waals surface area contributed by atoms with E-state index in [4.69, 9.17) is 28.8 Å². The van der Waals surface area contributed by atoms with Gasteiger partial charge in [-0.25, -0.2) is 19.9 Å². The fourth-order valence-electron chi connectivity index (χ4n) is 9.83. The summed E-state index contributed by atoms with van der Waals surface area (Å²) in [6.45, 7) is 0. The summed E-state index contributed by atoms with van der Waals surface area (Å²) in [5.41, 5.74) is 9.83. The van der Waals surface area contributed by atoms with Crippen LogP contribution in [0.4, 0.5) is 0 Å². The van der Waals surface area contributed by atoms with Gasteiger partial charge in [0, 0.05) is 43.4 Å². The molecule has 0 aliphatic heterocycles. The zero-order valence-corrected chi connectivity index (χ0v) is 34.0. The highest BCUT2D eigenvalue weighted by Gasteiger charge is 2.26. The number of rotatable bonds is 5. The molecule has 8 heteroatoms. The number of fused-ring (bicyclic) bond motifs is 14. The smallest absolute Gasteiger partial charge is 0.167 e. The summed E-state index contributed by atoms with van der Waals surface area (Å²) in [4.78, 5) is 21.5. The lowest BCUT2D eigenvalue weighted by atomic mass is 10.1. The maximum Gasteiger partial charge on any atom is 0.167 e. The van der Waals surface area contributed by atoms with Gasteiger partial charge in [-0.1, -0.05) is 133 Å². The lowest BCUT2D eigenvalue weighted by molar-refractivity contribution is 0.669. The third-order valence-electron chi connectivity index (χ3n) is 12.6. The van der Waals surface area contributed by atoms with E-state index in [1.54, 1.807) is 0 Å². The van der Waals surface area contributed by atoms with Crippen LogP contribution in [0.15, 0.2) is 203 Å². The van der Waals surface area contributed by atoms with Crippen LogP contribution in [0.25, 0.3) is 133 Å². The first kappa shape index (κ1) is 34.8. The molecule has 0 saturated carbocycles. The normalized spacial score (nSPS) is 12.1. The maximum atomic E-state index is 6.56. The standard InChI is InChI=1S/C56H32N6O2/c1-3-15-33(16-4-1)53-58-54(34-17-5-2-6-18-34)60-55(59-53)41-29-32-48(61-42-23-11-7-19-35(42)37-27-30-46-49(51(37)61)39-21-9-13-25-44(39)63-46)57-56(41)62-43-24-12-8-20-36(43)38-28-31-47-50(52(38)62)40-22-10-14-26-45(40)64-47/h1-32H. The van der Waals surface area contributed by atoms with Crippen LogP contribution in [0, 0.1) is 0 Å². The van der Waals surface area contributed by atoms with Gasteiger partial charge < -0.3 is 8.83 Å². The Morgan fingerprint density at radius 2 is 0.766 bits per heavy atom. The number of pyridine rings is 1. The second kappa shape index (κ2) is 13.3. The molecule has 6 heterocycles. The van der Waals surface area contributed by atoms with E-state index in [9.17, 15) is 0 Å². The first-order valence-corrected chi connectivity index (χ1v) is 21.3.